The van der Waals surface area contributed by atoms with Crippen LogP contribution in [0.1, 0.15) is 243 Å². The largest absolute Gasteiger partial charge is 0.486 e. The van der Waals surface area contributed by atoms with E-state index in [0.717, 1.165) is 39.3 Å². The summed E-state index contributed by atoms with van der Waals surface area (Å²) in [7, 11) is 0. The molecular weight excluding hydrogens is 2050 g/mol. The Morgan fingerprint density at radius 3 is 0.976 bits per heavy atom. The minimum atomic E-state index is -2.57. The number of hydrogen-bond donors (Lipinski definition) is 0. The first-order valence-corrected chi connectivity index (χ1v) is 38.4. The molecule has 0 spiro atoms. The number of furan rings is 3. The Morgan fingerprint density at radius 1 is 0.309 bits per heavy atom. The number of aromatic nitrogens is 9. The van der Waals surface area contributed by atoms with Crippen LogP contribution in [0.2, 0.25) is 0 Å². The van der Waals surface area contributed by atoms with Crippen LogP contribution in [0.3, 0.4) is 0 Å². The van der Waals surface area contributed by atoms with Gasteiger partial charge in [-0.2, -0.15) is 0 Å². The fraction of sp³-hybridized carbons (Fsp3) is 0.250. The second kappa shape index (κ2) is 42.4. The molecule has 6 aromatic carbocycles. The number of pyridine rings is 9. The molecule has 0 aliphatic rings. The van der Waals surface area contributed by atoms with Gasteiger partial charge >= 0.3 is 0 Å². The SMILES string of the molecule is [2H]C([2H])([2H])c1cc(C)nc2oc3c(-c4cc(C([2H])(C)C([2H])([2H])[2H])ccn4)[c-]cc(C([2H])(C)C)c3c12.[2H]C([2H])([2H])c1cc(C)nc2oc3c(-c4cc(C([2H])(C)C([2H])([2H])[2H])ccn4)[c-]cc(C([2H])(C)C)c3c12.[2H]C([2H])([2H])c1cc(C)nc2oc3c(-c4cc(C([2H])(C)C([2H])([2H])[2H])ccn4)[c-]cc(C([2H])(C)C)c3c12.[2H]C([2H])([2H])c1ccc(-c2[c-]cccc2)nc1.[2H]C([2H])([2H])c1cnc(-c2[c-]cccc2)cc1C.[Ir].[Ir].[Ir].[c-]1ccccc1-c1ccccn1. The minimum absolute atomic E-state index is 0. The third-order valence-corrected chi connectivity index (χ3v) is 19.4. The Balaban J connectivity index is 0.000000194. The van der Waals surface area contributed by atoms with Crippen LogP contribution < -0.4 is 0 Å². The number of benzene rings is 6. The molecule has 3 atom stereocenters. The molecule has 3 unspecified atom stereocenters. The number of rotatable bonds is 12. The summed E-state index contributed by atoms with van der Waals surface area (Å²) in [6.07, 6.45) is 8.87. The molecule has 0 aliphatic heterocycles. The molecular formula is C108H105Ir3N9O3-6. The van der Waals surface area contributed by atoms with Crippen molar-refractivity contribution in [3.63, 3.8) is 0 Å². The van der Waals surface area contributed by atoms with Gasteiger partial charge in [0, 0.05) is 172 Å². The summed E-state index contributed by atoms with van der Waals surface area (Å²) in [5.74, 6) is -8.98. The van der Waals surface area contributed by atoms with Crippen molar-refractivity contribution in [2.45, 2.75) is 180 Å². The second-order valence-corrected chi connectivity index (χ2v) is 29.1. The Hall–Kier alpha value is -11.0. The normalized spacial score (nSPS) is 17.1. The van der Waals surface area contributed by atoms with E-state index in [2.05, 4.69) is 81.3 Å². The first-order valence-electron chi connectivity index (χ1n) is 53.4. The Morgan fingerprint density at radius 2 is 0.667 bits per heavy atom. The van der Waals surface area contributed by atoms with Crippen molar-refractivity contribution in [2.24, 2.45) is 0 Å². The summed E-state index contributed by atoms with van der Waals surface area (Å²) < 4.78 is 256. The van der Waals surface area contributed by atoms with Gasteiger partial charge in [-0.1, -0.05) is 188 Å². The second-order valence-electron chi connectivity index (χ2n) is 29.1. The van der Waals surface area contributed by atoms with Gasteiger partial charge in [-0.25, -0.2) is 15.0 Å². The molecule has 0 N–H and O–H groups in total. The molecule has 0 bridgehead atoms. The average Bonchev–Trinajstić information content (AvgIpc) is 1.58. The monoisotopic (exact) mass is 2180 g/mol. The zero-order valence-electron chi connectivity index (χ0n) is 99.5. The summed E-state index contributed by atoms with van der Waals surface area (Å²) >= 11 is 0. The molecule has 12 heterocycles. The molecule has 0 amide bonds. The van der Waals surface area contributed by atoms with Gasteiger partial charge in [0.05, 0.1) is 16.7 Å². The third-order valence-electron chi connectivity index (χ3n) is 19.4. The molecule has 123 heavy (non-hydrogen) atoms. The topological polar surface area (TPSA) is 155 Å². The van der Waals surface area contributed by atoms with Gasteiger partial charge in [0.25, 0.3) is 0 Å². The van der Waals surface area contributed by atoms with Crippen LogP contribution in [-0.4, -0.2) is 44.9 Å². The molecule has 15 heteroatoms. The predicted molar refractivity (Wildman–Crippen MR) is 493 cm³/mol. The van der Waals surface area contributed by atoms with E-state index in [1.54, 1.807) is 118 Å². The predicted octanol–water partition coefficient (Wildman–Crippen LogP) is 28.7. The van der Waals surface area contributed by atoms with E-state index in [-0.39, 0.29) is 133 Å². The van der Waals surface area contributed by atoms with Crippen LogP contribution in [0.4, 0.5) is 0 Å². The first-order chi connectivity index (χ1) is 69.3. The van der Waals surface area contributed by atoms with Crippen molar-refractivity contribution in [3.8, 4) is 67.5 Å². The van der Waals surface area contributed by atoms with Crippen molar-refractivity contribution in [1.82, 2.24) is 44.9 Å². The van der Waals surface area contributed by atoms with E-state index in [0.29, 0.717) is 105 Å². The van der Waals surface area contributed by atoms with E-state index in [1.807, 2.05) is 84.9 Å². The van der Waals surface area contributed by atoms with Gasteiger partial charge in [0.15, 0.2) is 0 Å². The fourth-order valence-corrected chi connectivity index (χ4v) is 13.4. The van der Waals surface area contributed by atoms with Crippen molar-refractivity contribution in [1.29, 1.82) is 0 Å². The van der Waals surface area contributed by atoms with Gasteiger partial charge in [-0.05, 0) is 200 Å². The molecule has 0 fully saturated rings. The maximum Gasteiger partial charge on any atom is 0.216 e. The van der Waals surface area contributed by atoms with Gasteiger partial charge in [0.1, 0.15) is 0 Å². The van der Waals surface area contributed by atoms with Gasteiger partial charge in [0.2, 0.25) is 17.1 Å². The number of hydrogen-bond acceptors (Lipinski definition) is 12. The quantitative estimate of drug-likeness (QED) is 0.107. The van der Waals surface area contributed by atoms with Crippen LogP contribution in [0, 0.1) is 98.4 Å². The third kappa shape index (κ3) is 22.0. The molecule has 12 aromatic heterocycles. The molecule has 18 rings (SSSR count). The van der Waals surface area contributed by atoms with Crippen molar-refractivity contribution >= 4 is 66.2 Å². The molecule has 0 saturated heterocycles. The number of fused-ring (bicyclic) bond motifs is 9. The number of nitrogens with zero attached hydrogens (tertiary/aromatic N) is 9. The molecule has 18 aromatic rings. The van der Waals surface area contributed by atoms with E-state index in [4.69, 9.17) is 54.4 Å². The van der Waals surface area contributed by atoms with Gasteiger partial charge in [-0.3, -0.25) is 0 Å². The minimum Gasteiger partial charge on any atom is -0.486 e. The summed E-state index contributed by atoms with van der Waals surface area (Å²) in [6.45, 7) is 1.66. The van der Waals surface area contributed by atoms with Gasteiger partial charge < -0.3 is 43.2 Å². The van der Waals surface area contributed by atoms with Crippen molar-refractivity contribution in [2.75, 3.05) is 0 Å². The van der Waals surface area contributed by atoms with Crippen LogP contribution in [0.15, 0.2) is 232 Å². The van der Waals surface area contributed by atoms with Crippen molar-refractivity contribution < 1.29 is 115 Å². The molecule has 633 valence electrons. The average molecular weight is 2180 g/mol. The first kappa shape index (κ1) is 60.5. The smallest absolute Gasteiger partial charge is 0.216 e. The van der Waals surface area contributed by atoms with Crippen molar-refractivity contribution in [3.05, 3.63) is 339 Å². The number of aryl methyl sites for hydroxylation is 9. The van der Waals surface area contributed by atoms with E-state index < -0.39 is 90.2 Å². The van der Waals surface area contributed by atoms with E-state index >= 15 is 0 Å². The van der Waals surface area contributed by atoms with Gasteiger partial charge in [-0.15, -0.1) is 161 Å². The standard InChI is InChI=1S/3C24H25N2O.C13H12N.C12H10N.C11H8N.3Ir/c3*1-13(2)17-9-10-25-20(12-17)19-8-7-18(14(3)4)22-21-15(5)11-16(6)26-24(21)27-23(19)22;1-10-8-13(14-9-11(10)2)12-6-4-3-5-7-12;1-10-7-8-12(13-9-10)11-5-3-2-4-6-11;1-2-6-10(7-3-1)11-8-4-5-9-12-11;;;/h3*7,9-14H,1-6H3;3-6,8-9H,1-2H3;2-5,7-9H,1H3;1-6,8-9H;;;/q6*-1;;;/i3*1D3,5D3,13D,14D;2D3;1D3;;;;. The Kier molecular flexibility index (Phi) is 20.9. The van der Waals surface area contributed by atoms with E-state index in [9.17, 15) is 0 Å². The van der Waals surface area contributed by atoms with Crippen LogP contribution >= 0.6 is 0 Å². The van der Waals surface area contributed by atoms with Crippen LogP contribution in [0.25, 0.3) is 134 Å². The van der Waals surface area contributed by atoms with Crippen LogP contribution in [0.5, 0.6) is 0 Å². The zero-order valence-corrected chi connectivity index (χ0v) is 76.7. The van der Waals surface area contributed by atoms with Crippen LogP contribution in [-0.2, 0) is 60.3 Å². The zero-order chi connectivity index (χ0) is 111. The Labute approximate surface area is 808 Å². The summed E-state index contributed by atoms with van der Waals surface area (Å²) in [6, 6.07) is 70.6. The molecule has 0 aliphatic carbocycles. The summed E-state index contributed by atoms with van der Waals surface area (Å²) in [5.41, 5.74) is 13.6. The summed E-state index contributed by atoms with van der Waals surface area (Å²) in [5, 5.41) is 2.22. The molecule has 12 nitrogen and oxygen atoms in total. The Bertz CT molecular complexity index is 7390. The fourth-order valence-electron chi connectivity index (χ4n) is 13.4. The molecule has 0 saturated carbocycles. The van der Waals surface area contributed by atoms with E-state index in [1.165, 1.54) is 106 Å². The maximum atomic E-state index is 8.67. The summed E-state index contributed by atoms with van der Waals surface area (Å²) in [4.78, 5) is 38.9. The maximum absolute atomic E-state index is 8.67. The molecule has 3 radical (unpaired) electrons.